The van der Waals surface area contributed by atoms with Gasteiger partial charge in [-0.1, -0.05) is 52.8 Å². The molecule has 0 spiro atoms. The Balaban J connectivity index is 2.20. The van der Waals surface area contributed by atoms with Crippen molar-refractivity contribution in [2.75, 3.05) is 0 Å². The number of allylic oxidation sites excluding steroid dienone is 1. The molecule has 0 aliphatic carbocycles. The predicted molar refractivity (Wildman–Crippen MR) is 118 cm³/mol. The minimum Gasteiger partial charge on any atom is -0.258 e. The molecule has 10 heteroatoms. The lowest BCUT2D eigenvalue weighted by atomic mass is 9.36. The molecule has 31 heavy (non-hydrogen) atoms. The van der Waals surface area contributed by atoms with Gasteiger partial charge in [0.05, 0.1) is 14.8 Å². The molecule has 0 N–H and O–H groups in total. The van der Waals surface area contributed by atoms with Crippen molar-refractivity contribution in [1.82, 2.24) is 0 Å². The Morgan fingerprint density at radius 2 is 1.13 bits per heavy atom. The van der Waals surface area contributed by atoms with Crippen molar-refractivity contribution in [3.63, 3.8) is 0 Å². The zero-order valence-electron chi connectivity index (χ0n) is 16.2. The lowest BCUT2D eigenvalue weighted by Gasteiger charge is -2.18. The van der Waals surface area contributed by atoms with Gasteiger partial charge in [0, 0.05) is 36.4 Å². The fourth-order valence-corrected chi connectivity index (χ4v) is 3.45. The van der Waals surface area contributed by atoms with Crippen LogP contribution in [-0.2, 0) is 6.42 Å². The summed E-state index contributed by atoms with van der Waals surface area (Å²) in [6, 6.07) is 16.5. The third kappa shape index (κ3) is 4.64. The molecule has 0 amide bonds. The standard InChI is InChI=1S/C21H16BN3O6/c1-2-3-15-14-20(25(30)31)12-13-21(15)22(16-4-8-18(9-5-16)23(26)27)17-6-10-19(11-7-17)24(28)29/h2,4-14H,1,3H2. The van der Waals surface area contributed by atoms with Crippen LogP contribution in [0.2, 0.25) is 0 Å². The summed E-state index contributed by atoms with van der Waals surface area (Å²) in [4.78, 5) is 31.8. The van der Waals surface area contributed by atoms with Gasteiger partial charge < -0.3 is 0 Å². The van der Waals surface area contributed by atoms with E-state index in [0.717, 1.165) is 5.46 Å². The summed E-state index contributed by atoms with van der Waals surface area (Å²) in [5.41, 5.74) is 2.63. The molecule has 9 nitrogen and oxygen atoms in total. The number of hydrogen-bond donors (Lipinski definition) is 0. The van der Waals surface area contributed by atoms with Crippen molar-refractivity contribution in [1.29, 1.82) is 0 Å². The highest BCUT2D eigenvalue weighted by Crippen LogP contribution is 2.15. The molecule has 3 rings (SSSR count). The first-order valence-electron chi connectivity index (χ1n) is 9.18. The Kier molecular flexibility index (Phi) is 6.20. The van der Waals surface area contributed by atoms with Crippen LogP contribution in [0.5, 0.6) is 0 Å². The molecule has 0 saturated carbocycles. The minimum atomic E-state index is -0.500. The number of nitro benzene ring substituents is 3. The van der Waals surface area contributed by atoms with Gasteiger partial charge in [-0.15, -0.1) is 6.58 Å². The highest BCUT2D eigenvalue weighted by Gasteiger charge is 2.26. The summed E-state index contributed by atoms with van der Waals surface area (Å²) in [5.74, 6) is 0. The highest BCUT2D eigenvalue weighted by molar-refractivity contribution is 6.95. The second-order valence-corrected chi connectivity index (χ2v) is 6.76. The molecule has 0 aliphatic rings. The Bertz CT molecular complexity index is 1110. The molecule has 3 aromatic carbocycles. The SMILES string of the molecule is C=CCc1cc([N+](=O)[O-])ccc1B(c1ccc([N+](=O)[O-])cc1)c1ccc([N+](=O)[O-])cc1. The summed E-state index contributed by atoms with van der Waals surface area (Å²) in [5, 5.41) is 33.3. The molecule has 154 valence electrons. The van der Waals surface area contributed by atoms with Crippen LogP contribution in [0, 0.1) is 30.3 Å². The van der Waals surface area contributed by atoms with Gasteiger partial charge in [0.2, 0.25) is 6.71 Å². The maximum atomic E-state index is 11.2. The summed E-state index contributed by atoms with van der Waals surface area (Å²) in [6.45, 7) is 3.27. The molecular formula is C21H16BN3O6. The van der Waals surface area contributed by atoms with Gasteiger partial charge in [0.1, 0.15) is 0 Å². The zero-order chi connectivity index (χ0) is 22.5. The maximum Gasteiger partial charge on any atom is 0.269 e. The number of hydrogen-bond acceptors (Lipinski definition) is 6. The van der Waals surface area contributed by atoms with Crippen LogP contribution in [0.4, 0.5) is 17.1 Å². The highest BCUT2D eigenvalue weighted by atomic mass is 16.6. The number of benzene rings is 3. The van der Waals surface area contributed by atoms with E-state index in [9.17, 15) is 30.3 Å². The van der Waals surface area contributed by atoms with E-state index in [1.807, 2.05) is 0 Å². The third-order valence-electron chi connectivity index (χ3n) is 4.89. The van der Waals surface area contributed by atoms with Gasteiger partial charge in [-0.25, -0.2) is 0 Å². The summed E-state index contributed by atoms with van der Waals surface area (Å²) < 4.78 is 0. The van der Waals surface area contributed by atoms with E-state index in [2.05, 4.69) is 6.58 Å². The first kappa shape index (κ1) is 21.4. The van der Waals surface area contributed by atoms with Crippen molar-refractivity contribution in [2.45, 2.75) is 6.42 Å². The molecule has 0 bridgehead atoms. The summed E-state index contributed by atoms with van der Waals surface area (Å²) >= 11 is 0. The molecule has 0 atom stereocenters. The van der Waals surface area contributed by atoms with Crippen molar-refractivity contribution in [2.24, 2.45) is 0 Å². The van der Waals surface area contributed by atoms with E-state index in [1.54, 1.807) is 36.4 Å². The van der Waals surface area contributed by atoms with Crippen molar-refractivity contribution < 1.29 is 14.8 Å². The molecule has 0 fully saturated rings. The molecule has 0 aliphatic heterocycles. The van der Waals surface area contributed by atoms with Crippen LogP contribution in [-0.4, -0.2) is 21.5 Å². The van der Waals surface area contributed by atoms with E-state index in [-0.39, 0.29) is 17.1 Å². The Hall–Kier alpha value is -4.34. The first-order valence-corrected chi connectivity index (χ1v) is 9.18. The van der Waals surface area contributed by atoms with Gasteiger partial charge in [-0.05, 0) is 12.0 Å². The van der Waals surface area contributed by atoms with Crippen molar-refractivity contribution in [3.8, 4) is 0 Å². The smallest absolute Gasteiger partial charge is 0.258 e. The van der Waals surface area contributed by atoms with Crippen LogP contribution < -0.4 is 16.4 Å². The fourth-order valence-electron chi connectivity index (χ4n) is 3.45. The van der Waals surface area contributed by atoms with Crippen LogP contribution in [0.3, 0.4) is 0 Å². The molecular weight excluding hydrogens is 401 g/mol. The van der Waals surface area contributed by atoms with Crippen molar-refractivity contribution in [3.05, 3.63) is 115 Å². The Morgan fingerprint density at radius 3 is 1.52 bits per heavy atom. The lowest BCUT2D eigenvalue weighted by molar-refractivity contribution is -0.385. The van der Waals surface area contributed by atoms with Gasteiger partial charge in [-0.3, -0.25) is 30.3 Å². The Morgan fingerprint density at radius 1 is 0.710 bits per heavy atom. The molecule has 3 aromatic rings. The number of nitrogens with zero attached hydrogens (tertiary/aromatic N) is 3. The number of rotatable bonds is 8. The van der Waals surface area contributed by atoms with E-state index in [4.69, 9.17) is 0 Å². The van der Waals surface area contributed by atoms with Crippen LogP contribution in [0.1, 0.15) is 5.56 Å². The van der Waals surface area contributed by atoms with Gasteiger partial charge in [0.25, 0.3) is 17.1 Å². The Labute approximate surface area is 177 Å². The minimum absolute atomic E-state index is 0.0632. The van der Waals surface area contributed by atoms with Crippen LogP contribution in [0.25, 0.3) is 0 Å². The van der Waals surface area contributed by atoms with Crippen LogP contribution >= 0.6 is 0 Å². The van der Waals surface area contributed by atoms with E-state index < -0.39 is 21.5 Å². The molecule has 0 aromatic heterocycles. The number of non-ortho nitro benzene ring substituents is 3. The zero-order valence-corrected chi connectivity index (χ0v) is 16.2. The predicted octanol–water partition coefficient (Wildman–Crippen LogP) is 2.66. The van der Waals surface area contributed by atoms with Gasteiger partial charge >= 0.3 is 0 Å². The monoisotopic (exact) mass is 417 g/mol. The largest absolute Gasteiger partial charge is 0.269 e. The maximum absolute atomic E-state index is 11.2. The normalized spacial score (nSPS) is 10.3. The second kappa shape index (κ2) is 8.99. The number of nitro groups is 3. The average molecular weight is 417 g/mol. The van der Waals surface area contributed by atoms with E-state index >= 15 is 0 Å². The summed E-state index contributed by atoms with van der Waals surface area (Å²) in [6.07, 6.45) is 2.00. The van der Waals surface area contributed by atoms with E-state index in [1.165, 1.54) is 36.4 Å². The van der Waals surface area contributed by atoms with Crippen LogP contribution in [0.15, 0.2) is 79.4 Å². The average Bonchev–Trinajstić information content (AvgIpc) is 2.75. The lowest BCUT2D eigenvalue weighted by Crippen LogP contribution is -2.53. The third-order valence-corrected chi connectivity index (χ3v) is 4.89. The second-order valence-electron chi connectivity index (χ2n) is 6.76. The first-order chi connectivity index (χ1) is 14.8. The van der Waals surface area contributed by atoms with E-state index in [0.29, 0.717) is 22.9 Å². The topological polar surface area (TPSA) is 129 Å². The summed E-state index contributed by atoms with van der Waals surface area (Å²) in [7, 11) is 0. The molecule has 0 heterocycles. The van der Waals surface area contributed by atoms with Gasteiger partial charge in [0.15, 0.2) is 0 Å². The fraction of sp³-hybridized carbons (Fsp3) is 0.0476. The van der Waals surface area contributed by atoms with Gasteiger partial charge in [-0.2, -0.15) is 0 Å². The van der Waals surface area contributed by atoms with Crippen molar-refractivity contribution >= 4 is 40.2 Å². The molecule has 0 radical (unpaired) electrons. The molecule has 0 saturated heterocycles. The molecule has 0 unspecified atom stereocenters. The quantitative estimate of drug-likeness (QED) is 0.240.